The molecule has 0 aliphatic carbocycles. The minimum absolute atomic E-state index is 0.00752. The monoisotopic (exact) mass is 297 g/mol. The van der Waals surface area contributed by atoms with Crippen molar-refractivity contribution in [3.8, 4) is 5.75 Å². The average Bonchev–Trinajstić information content (AvgIpc) is 2.35. The zero-order chi connectivity index (χ0) is 14.0. The molecule has 0 saturated carbocycles. The van der Waals surface area contributed by atoms with Crippen LogP contribution in [0.2, 0.25) is 5.02 Å². The summed E-state index contributed by atoms with van der Waals surface area (Å²) in [6.45, 7) is 1.72. The lowest BCUT2D eigenvalue weighted by molar-refractivity contribution is 0.473. The Labute approximate surface area is 116 Å². The third-order valence-corrected chi connectivity index (χ3v) is 4.41. The van der Waals surface area contributed by atoms with Crippen molar-refractivity contribution in [2.75, 3.05) is 4.72 Å². The van der Waals surface area contributed by atoms with E-state index >= 15 is 0 Å². The molecule has 0 radical (unpaired) electrons. The van der Waals surface area contributed by atoms with Crippen molar-refractivity contribution < 1.29 is 13.5 Å². The summed E-state index contributed by atoms with van der Waals surface area (Å²) in [5.74, 6) is -0.106. The summed E-state index contributed by atoms with van der Waals surface area (Å²) in [5.41, 5.74) is 1.06. The predicted molar refractivity (Wildman–Crippen MR) is 75.1 cm³/mol. The Morgan fingerprint density at radius 2 is 1.84 bits per heavy atom. The predicted octanol–water partition coefficient (Wildman–Crippen LogP) is 3.15. The van der Waals surface area contributed by atoms with Crippen LogP contribution in [0.15, 0.2) is 47.4 Å². The van der Waals surface area contributed by atoms with Crippen molar-refractivity contribution in [1.82, 2.24) is 0 Å². The number of halogens is 1. The molecule has 0 heterocycles. The lowest BCUT2D eigenvalue weighted by Gasteiger charge is -2.11. The topological polar surface area (TPSA) is 66.4 Å². The molecule has 0 unspecified atom stereocenters. The van der Waals surface area contributed by atoms with Gasteiger partial charge >= 0.3 is 0 Å². The van der Waals surface area contributed by atoms with Crippen LogP contribution in [-0.2, 0) is 10.0 Å². The van der Waals surface area contributed by atoms with Gasteiger partial charge in [-0.3, -0.25) is 4.72 Å². The van der Waals surface area contributed by atoms with Gasteiger partial charge in [-0.25, -0.2) is 8.42 Å². The molecule has 0 bridgehead atoms. The largest absolute Gasteiger partial charge is 0.508 e. The second-order valence-electron chi connectivity index (χ2n) is 4.02. The SMILES string of the molecule is Cc1c(Cl)cccc1NS(=O)(=O)c1cccc(O)c1. The summed E-state index contributed by atoms with van der Waals surface area (Å²) in [4.78, 5) is -0.00752. The van der Waals surface area contributed by atoms with Gasteiger partial charge in [-0.05, 0) is 36.8 Å². The van der Waals surface area contributed by atoms with Crippen LogP contribution in [0.4, 0.5) is 5.69 Å². The number of rotatable bonds is 3. The molecule has 2 aromatic rings. The zero-order valence-electron chi connectivity index (χ0n) is 10.1. The molecule has 0 amide bonds. The van der Waals surface area contributed by atoms with Gasteiger partial charge in [0, 0.05) is 11.1 Å². The number of aromatic hydroxyl groups is 1. The third kappa shape index (κ3) is 3.00. The smallest absolute Gasteiger partial charge is 0.262 e. The van der Waals surface area contributed by atoms with E-state index < -0.39 is 10.0 Å². The highest BCUT2D eigenvalue weighted by Gasteiger charge is 2.16. The van der Waals surface area contributed by atoms with E-state index in [0.29, 0.717) is 16.3 Å². The van der Waals surface area contributed by atoms with Crippen molar-refractivity contribution >= 4 is 27.3 Å². The Kier molecular flexibility index (Phi) is 3.68. The number of sulfonamides is 1. The normalized spacial score (nSPS) is 11.3. The van der Waals surface area contributed by atoms with Crippen LogP contribution >= 0.6 is 11.6 Å². The molecule has 0 spiro atoms. The third-order valence-electron chi connectivity index (χ3n) is 2.64. The van der Waals surface area contributed by atoms with Crippen LogP contribution in [-0.4, -0.2) is 13.5 Å². The van der Waals surface area contributed by atoms with Crippen molar-refractivity contribution in [3.63, 3.8) is 0 Å². The number of anilines is 1. The highest BCUT2D eigenvalue weighted by atomic mass is 35.5. The van der Waals surface area contributed by atoms with E-state index in [4.69, 9.17) is 11.6 Å². The Balaban J connectivity index is 2.39. The quantitative estimate of drug-likeness (QED) is 0.914. The van der Waals surface area contributed by atoms with Crippen LogP contribution in [0.5, 0.6) is 5.75 Å². The molecule has 4 nitrogen and oxygen atoms in total. The molecular formula is C13H12ClNO3S. The van der Waals surface area contributed by atoms with Gasteiger partial charge in [0.1, 0.15) is 5.75 Å². The molecule has 0 aliphatic heterocycles. The molecule has 19 heavy (non-hydrogen) atoms. The Morgan fingerprint density at radius 3 is 2.53 bits per heavy atom. The molecule has 6 heteroatoms. The summed E-state index contributed by atoms with van der Waals surface area (Å²) in [5, 5.41) is 9.81. The lowest BCUT2D eigenvalue weighted by Crippen LogP contribution is -2.13. The minimum Gasteiger partial charge on any atom is -0.508 e. The number of hydrogen-bond acceptors (Lipinski definition) is 3. The highest BCUT2D eigenvalue weighted by molar-refractivity contribution is 7.92. The van der Waals surface area contributed by atoms with Gasteiger partial charge in [0.15, 0.2) is 0 Å². The van der Waals surface area contributed by atoms with Gasteiger partial charge in [0.2, 0.25) is 0 Å². The van der Waals surface area contributed by atoms with Crippen molar-refractivity contribution in [2.45, 2.75) is 11.8 Å². The van der Waals surface area contributed by atoms with E-state index in [9.17, 15) is 13.5 Å². The molecule has 100 valence electrons. The zero-order valence-corrected chi connectivity index (χ0v) is 11.7. The Bertz CT molecular complexity index is 714. The molecule has 0 aliphatic rings. The second-order valence-corrected chi connectivity index (χ2v) is 6.10. The fourth-order valence-corrected chi connectivity index (χ4v) is 2.91. The first-order valence-corrected chi connectivity index (χ1v) is 7.33. The minimum atomic E-state index is -3.74. The van der Waals surface area contributed by atoms with Gasteiger partial charge < -0.3 is 5.11 Å². The maximum atomic E-state index is 12.2. The molecule has 0 aromatic heterocycles. The number of benzene rings is 2. The molecule has 2 aromatic carbocycles. The average molecular weight is 298 g/mol. The van der Waals surface area contributed by atoms with Gasteiger partial charge in [-0.15, -0.1) is 0 Å². The van der Waals surface area contributed by atoms with E-state index in [2.05, 4.69) is 4.72 Å². The highest BCUT2D eigenvalue weighted by Crippen LogP contribution is 2.26. The van der Waals surface area contributed by atoms with Gasteiger partial charge in [0.05, 0.1) is 10.6 Å². The summed E-state index contributed by atoms with van der Waals surface area (Å²) in [7, 11) is -3.74. The first-order valence-electron chi connectivity index (χ1n) is 5.47. The fraction of sp³-hybridized carbons (Fsp3) is 0.0769. The second kappa shape index (κ2) is 5.11. The molecule has 0 saturated heterocycles. The van der Waals surface area contributed by atoms with Crippen LogP contribution in [0.3, 0.4) is 0 Å². The van der Waals surface area contributed by atoms with E-state index in [1.165, 1.54) is 24.3 Å². The van der Waals surface area contributed by atoms with Crippen molar-refractivity contribution in [3.05, 3.63) is 53.1 Å². The first-order chi connectivity index (χ1) is 8.90. The van der Waals surface area contributed by atoms with Crippen LogP contribution in [0.1, 0.15) is 5.56 Å². The number of hydrogen-bond donors (Lipinski definition) is 2. The van der Waals surface area contributed by atoms with Gasteiger partial charge in [0.25, 0.3) is 10.0 Å². The standard InChI is InChI=1S/C13H12ClNO3S/c1-9-12(14)6-3-7-13(9)15-19(17,18)11-5-2-4-10(16)8-11/h2-8,15-16H,1H3. The van der Waals surface area contributed by atoms with Crippen LogP contribution in [0, 0.1) is 6.92 Å². The van der Waals surface area contributed by atoms with Crippen molar-refractivity contribution in [2.24, 2.45) is 0 Å². The lowest BCUT2D eigenvalue weighted by atomic mass is 10.2. The number of phenolic OH excluding ortho intramolecular Hbond substituents is 1. The van der Waals surface area contributed by atoms with Crippen LogP contribution < -0.4 is 4.72 Å². The molecule has 0 atom stereocenters. The van der Waals surface area contributed by atoms with Crippen molar-refractivity contribution in [1.29, 1.82) is 0 Å². The van der Waals surface area contributed by atoms with Gasteiger partial charge in [-0.1, -0.05) is 23.7 Å². The number of nitrogens with one attached hydrogen (secondary N) is 1. The maximum Gasteiger partial charge on any atom is 0.262 e. The molecule has 0 fully saturated rings. The first kappa shape index (κ1) is 13.7. The molecule has 2 rings (SSSR count). The summed E-state index contributed by atoms with van der Waals surface area (Å²) in [6, 6.07) is 10.4. The van der Waals surface area contributed by atoms with E-state index in [1.54, 1.807) is 25.1 Å². The van der Waals surface area contributed by atoms with E-state index in [1.807, 2.05) is 0 Å². The Morgan fingerprint density at radius 1 is 1.16 bits per heavy atom. The summed E-state index contributed by atoms with van der Waals surface area (Å²) in [6.07, 6.45) is 0. The van der Waals surface area contributed by atoms with E-state index in [0.717, 1.165) is 0 Å². The summed E-state index contributed by atoms with van der Waals surface area (Å²) >= 11 is 5.94. The fourth-order valence-electron chi connectivity index (χ4n) is 1.57. The molecule has 2 N–H and O–H groups in total. The van der Waals surface area contributed by atoms with Gasteiger partial charge in [-0.2, -0.15) is 0 Å². The maximum absolute atomic E-state index is 12.2. The Hall–Kier alpha value is -1.72. The number of phenols is 1. The van der Waals surface area contributed by atoms with Crippen LogP contribution in [0.25, 0.3) is 0 Å². The van der Waals surface area contributed by atoms with E-state index in [-0.39, 0.29) is 10.6 Å². The molecular weight excluding hydrogens is 286 g/mol. The summed E-state index contributed by atoms with van der Waals surface area (Å²) < 4.78 is 26.8.